The van der Waals surface area contributed by atoms with Gasteiger partial charge in [0, 0.05) is 13.0 Å². The maximum Gasteiger partial charge on any atom is 0.494 e. The van der Waals surface area contributed by atoms with Crippen LogP contribution < -0.4 is 5.46 Å². The zero-order valence-corrected chi connectivity index (χ0v) is 17.1. The van der Waals surface area contributed by atoms with E-state index in [1.165, 1.54) is 0 Å². The van der Waals surface area contributed by atoms with E-state index in [1.54, 1.807) is 27.7 Å². The number of halogens is 5. The van der Waals surface area contributed by atoms with E-state index >= 15 is 0 Å². The third kappa shape index (κ3) is 4.04. The highest BCUT2D eigenvalue weighted by atomic mass is 32.2. The molecule has 2 fully saturated rings. The molecule has 0 unspecified atom stereocenters. The van der Waals surface area contributed by atoms with E-state index in [-0.39, 0.29) is 5.46 Å². The van der Waals surface area contributed by atoms with Crippen LogP contribution in [0.5, 0.6) is 0 Å². The van der Waals surface area contributed by atoms with Crippen LogP contribution in [0.25, 0.3) is 0 Å². The van der Waals surface area contributed by atoms with Crippen molar-refractivity contribution >= 4 is 22.6 Å². The molecule has 0 aliphatic carbocycles. The van der Waals surface area contributed by atoms with Crippen molar-refractivity contribution in [1.29, 1.82) is 0 Å². The molecule has 0 N–H and O–H groups in total. The van der Waals surface area contributed by atoms with Gasteiger partial charge >= 0.3 is 13.3 Å². The van der Waals surface area contributed by atoms with Gasteiger partial charge in [-0.05, 0) is 45.3 Å². The predicted molar refractivity (Wildman–Crippen MR) is 95.5 cm³/mol. The quantitative estimate of drug-likeness (QED) is 0.535. The maximum absolute atomic E-state index is 13.7. The fourth-order valence-corrected chi connectivity index (χ4v) is 4.83. The summed E-state index contributed by atoms with van der Waals surface area (Å²) in [6.07, 6.45) is -5.76. The molecule has 162 valence electrons. The first-order valence-corrected chi connectivity index (χ1v) is 10.4. The van der Waals surface area contributed by atoms with E-state index in [1.807, 2.05) is 0 Å². The summed E-state index contributed by atoms with van der Waals surface area (Å²) in [6.45, 7) is 5.21. The summed E-state index contributed by atoms with van der Waals surface area (Å²) in [6, 6.07) is 2.57. The van der Waals surface area contributed by atoms with Gasteiger partial charge in [-0.15, -0.1) is 0 Å². The summed E-state index contributed by atoms with van der Waals surface area (Å²) in [5.41, 5.74) is -3.06. The molecule has 0 saturated carbocycles. The van der Waals surface area contributed by atoms with Gasteiger partial charge in [0.05, 0.1) is 28.2 Å². The van der Waals surface area contributed by atoms with Crippen molar-refractivity contribution in [2.45, 2.75) is 62.3 Å². The Morgan fingerprint density at radius 1 is 1.07 bits per heavy atom. The molecule has 5 nitrogen and oxygen atoms in total. The van der Waals surface area contributed by atoms with Gasteiger partial charge in [0.1, 0.15) is 0 Å². The van der Waals surface area contributed by atoms with E-state index in [0.717, 1.165) is 12.1 Å². The Morgan fingerprint density at radius 2 is 1.62 bits per heavy atom. The second-order valence-corrected chi connectivity index (χ2v) is 10.2. The van der Waals surface area contributed by atoms with Crippen LogP contribution in [-0.4, -0.2) is 50.1 Å². The standard InChI is InChI=1S/C17H21BF5NO4S/c1-14(2)15(3,4)28-18(27-14)11-5-6-13(12(9-11)17(21,22)23)29(25,26)24-8-7-16(19,20)10-24/h5-6,9H,7-8,10H2,1-4H3. The molecule has 2 aliphatic heterocycles. The van der Waals surface area contributed by atoms with Gasteiger partial charge in [-0.3, -0.25) is 0 Å². The Balaban J connectivity index is 2.03. The lowest BCUT2D eigenvalue weighted by Crippen LogP contribution is -2.41. The first kappa shape index (κ1) is 22.5. The average molecular weight is 441 g/mol. The molecule has 12 heteroatoms. The van der Waals surface area contributed by atoms with Gasteiger partial charge in [0.2, 0.25) is 10.0 Å². The number of sulfonamides is 1. The van der Waals surface area contributed by atoms with Crippen molar-refractivity contribution in [2.24, 2.45) is 0 Å². The fourth-order valence-electron chi connectivity index (χ4n) is 3.17. The lowest BCUT2D eigenvalue weighted by molar-refractivity contribution is -0.139. The predicted octanol–water partition coefficient (Wildman–Crippen LogP) is 3.03. The number of rotatable bonds is 3. The van der Waals surface area contributed by atoms with Crippen molar-refractivity contribution in [2.75, 3.05) is 13.1 Å². The first-order chi connectivity index (χ1) is 13.0. The SMILES string of the molecule is CC1(C)OB(c2ccc(S(=O)(=O)N3CCC(F)(F)C3)c(C(F)(F)F)c2)OC1(C)C. The Morgan fingerprint density at radius 3 is 2.07 bits per heavy atom. The minimum atomic E-state index is -5.02. The number of hydrogen-bond acceptors (Lipinski definition) is 4. The molecular weight excluding hydrogens is 420 g/mol. The molecule has 2 saturated heterocycles. The Labute approximate surface area is 166 Å². The van der Waals surface area contributed by atoms with Crippen LogP contribution in [0.1, 0.15) is 39.7 Å². The van der Waals surface area contributed by atoms with Crippen LogP contribution in [-0.2, 0) is 25.5 Å². The normalized spacial score (nSPS) is 24.2. The summed E-state index contributed by atoms with van der Waals surface area (Å²) in [5.74, 6) is -3.27. The van der Waals surface area contributed by atoms with Gasteiger partial charge < -0.3 is 9.31 Å². The van der Waals surface area contributed by atoms with Gasteiger partial charge in [0.25, 0.3) is 5.92 Å². The Kier molecular flexibility index (Phi) is 5.13. The van der Waals surface area contributed by atoms with Crippen LogP contribution in [0.4, 0.5) is 22.0 Å². The summed E-state index contributed by atoms with van der Waals surface area (Å²) in [7, 11) is -5.89. The summed E-state index contributed by atoms with van der Waals surface area (Å²) in [5, 5.41) is 0. The molecule has 0 spiro atoms. The Hall–Kier alpha value is -1.24. The van der Waals surface area contributed by atoms with Gasteiger partial charge in [0.15, 0.2) is 0 Å². The zero-order chi connectivity index (χ0) is 22.0. The zero-order valence-electron chi connectivity index (χ0n) is 16.3. The van der Waals surface area contributed by atoms with Crippen molar-refractivity contribution < 1.29 is 39.7 Å². The molecule has 0 amide bonds. The minimum absolute atomic E-state index is 0.0123. The van der Waals surface area contributed by atoms with Gasteiger partial charge in [-0.25, -0.2) is 17.2 Å². The van der Waals surface area contributed by atoms with Crippen LogP contribution in [0.3, 0.4) is 0 Å². The summed E-state index contributed by atoms with van der Waals surface area (Å²) < 4.78 is 105. The highest BCUT2D eigenvalue weighted by Crippen LogP contribution is 2.39. The molecule has 2 heterocycles. The number of nitrogens with zero attached hydrogens (tertiary/aromatic N) is 1. The third-order valence-corrected chi connectivity index (χ3v) is 7.49. The van der Waals surface area contributed by atoms with Crippen LogP contribution in [0, 0.1) is 0 Å². The molecule has 1 aromatic carbocycles. The van der Waals surface area contributed by atoms with Crippen molar-refractivity contribution in [3.8, 4) is 0 Å². The second-order valence-electron chi connectivity index (χ2n) is 8.29. The highest BCUT2D eigenvalue weighted by Gasteiger charge is 2.53. The average Bonchev–Trinajstić information content (AvgIpc) is 3.02. The first-order valence-electron chi connectivity index (χ1n) is 8.91. The molecular formula is C17H21BF5NO4S. The van der Waals surface area contributed by atoms with Crippen molar-refractivity contribution in [3.63, 3.8) is 0 Å². The second kappa shape index (κ2) is 6.63. The van der Waals surface area contributed by atoms with Crippen LogP contribution in [0.15, 0.2) is 23.1 Å². The number of hydrogen-bond donors (Lipinski definition) is 0. The third-order valence-electron chi connectivity index (χ3n) is 5.59. The largest absolute Gasteiger partial charge is 0.494 e. The summed E-state index contributed by atoms with van der Waals surface area (Å²) in [4.78, 5) is -1.07. The lowest BCUT2D eigenvalue weighted by Gasteiger charge is -2.32. The minimum Gasteiger partial charge on any atom is -0.399 e. The monoisotopic (exact) mass is 441 g/mol. The van der Waals surface area contributed by atoms with E-state index in [2.05, 4.69) is 0 Å². The molecule has 0 bridgehead atoms. The van der Waals surface area contributed by atoms with E-state index in [4.69, 9.17) is 9.31 Å². The van der Waals surface area contributed by atoms with Crippen LogP contribution >= 0.6 is 0 Å². The maximum atomic E-state index is 13.7. The molecule has 1 aromatic rings. The highest BCUT2D eigenvalue weighted by molar-refractivity contribution is 7.89. The molecule has 0 radical (unpaired) electrons. The number of alkyl halides is 5. The topological polar surface area (TPSA) is 55.8 Å². The van der Waals surface area contributed by atoms with Crippen LogP contribution in [0.2, 0.25) is 0 Å². The molecule has 3 rings (SSSR count). The lowest BCUT2D eigenvalue weighted by atomic mass is 9.78. The van der Waals surface area contributed by atoms with E-state index in [0.29, 0.717) is 10.4 Å². The smallest absolute Gasteiger partial charge is 0.399 e. The molecule has 2 aliphatic rings. The number of benzene rings is 1. The molecule has 29 heavy (non-hydrogen) atoms. The van der Waals surface area contributed by atoms with E-state index in [9.17, 15) is 30.4 Å². The van der Waals surface area contributed by atoms with Gasteiger partial charge in [-0.2, -0.15) is 17.5 Å². The van der Waals surface area contributed by atoms with Gasteiger partial charge in [-0.1, -0.05) is 6.07 Å². The van der Waals surface area contributed by atoms with Crippen molar-refractivity contribution in [1.82, 2.24) is 4.31 Å². The Bertz CT molecular complexity index is 901. The fraction of sp³-hybridized carbons (Fsp3) is 0.647. The summed E-state index contributed by atoms with van der Waals surface area (Å²) >= 11 is 0. The van der Waals surface area contributed by atoms with Crippen molar-refractivity contribution in [3.05, 3.63) is 23.8 Å². The van der Waals surface area contributed by atoms with E-state index < -0.39 is 70.4 Å². The molecule has 0 atom stereocenters. The molecule has 0 aromatic heterocycles.